The second kappa shape index (κ2) is 7.49. The molecule has 2 heterocycles. The van der Waals surface area contributed by atoms with Crippen LogP contribution >= 0.6 is 11.3 Å². The van der Waals surface area contributed by atoms with Crippen molar-refractivity contribution in [3.8, 4) is 10.6 Å². The fourth-order valence-corrected chi connectivity index (χ4v) is 4.83. The maximum absolute atomic E-state index is 13.4. The van der Waals surface area contributed by atoms with Crippen LogP contribution in [0, 0.1) is 11.6 Å². The molecule has 0 saturated carbocycles. The highest BCUT2D eigenvalue weighted by atomic mass is 32.2. The van der Waals surface area contributed by atoms with E-state index in [0.29, 0.717) is 17.1 Å². The lowest BCUT2D eigenvalue weighted by Gasteiger charge is -2.25. The van der Waals surface area contributed by atoms with E-state index >= 15 is 0 Å². The molecule has 1 saturated heterocycles. The molecule has 27 heavy (non-hydrogen) atoms. The summed E-state index contributed by atoms with van der Waals surface area (Å²) in [5.41, 5.74) is 0.814. The van der Waals surface area contributed by atoms with Crippen molar-refractivity contribution in [2.24, 2.45) is 0 Å². The topological polar surface area (TPSA) is 99.6 Å². The maximum atomic E-state index is 13.4. The second-order valence-electron chi connectivity index (χ2n) is 6.33. The Labute approximate surface area is 158 Å². The number of nitrogens with zero attached hydrogens (tertiary/aromatic N) is 2. The summed E-state index contributed by atoms with van der Waals surface area (Å²) in [7, 11) is -3.50. The van der Waals surface area contributed by atoms with Crippen LogP contribution in [0.3, 0.4) is 0 Å². The van der Waals surface area contributed by atoms with Crippen LogP contribution in [0.15, 0.2) is 23.6 Å². The van der Waals surface area contributed by atoms with E-state index in [1.807, 2.05) is 0 Å². The molecule has 146 valence electrons. The molecule has 3 rings (SSSR count). The average Bonchev–Trinajstić information content (AvgIpc) is 3.13. The number of thiazole rings is 1. The highest BCUT2D eigenvalue weighted by Gasteiger charge is 2.38. The first-order valence-electron chi connectivity index (χ1n) is 8.00. The van der Waals surface area contributed by atoms with Gasteiger partial charge in [0.25, 0.3) is 0 Å². The predicted octanol–water partition coefficient (Wildman–Crippen LogP) is 2.30. The Balaban J connectivity index is 1.83. The summed E-state index contributed by atoms with van der Waals surface area (Å²) in [6, 6.07) is 1.92. The first-order chi connectivity index (χ1) is 12.6. The Hall–Kier alpha value is -2.11. The van der Waals surface area contributed by atoms with E-state index < -0.39 is 39.8 Å². The summed E-state index contributed by atoms with van der Waals surface area (Å²) < 4.78 is 52.4. The molecule has 1 aromatic heterocycles. The van der Waals surface area contributed by atoms with Crippen molar-refractivity contribution in [1.82, 2.24) is 14.6 Å². The van der Waals surface area contributed by atoms with Gasteiger partial charge in [0, 0.05) is 36.0 Å². The molecular weight excluding hydrogens is 400 g/mol. The highest BCUT2D eigenvalue weighted by molar-refractivity contribution is 7.88. The molecule has 1 amide bonds. The van der Waals surface area contributed by atoms with Gasteiger partial charge in [-0.25, -0.2) is 31.7 Å². The zero-order valence-corrected chi connectivity index (χ0v) is 15.9. The third-order valence-electron chi connectivity index (χ3n) is 4.24. The number of benzene rings is 1. The number of nitrogens with one attached hydrogen (secondary N) is 1. The van der Waals surface area contributed by atoms with Crippen LogP contribution in [0.5, 0.6) is 0 Å². The standard InChI is InChI=1S/C16H17F2N3O4S2/c1-27(24,25)20-13-2-3-21(16(22)23)14(13)7-12-8-26-15(19-12)9-4-10(17)6-11(18)5-9/h4-6,8,13-14,20H,2-3,7H2,1H3,(H,22,23). The minimum Gasteiger partial charge on any atom is -0.465 e. The van der Waals surface area contributed by atoms with Crippen LogP contribution < -0.4 is 4.72 Å². The van der Waals surface area contributed by atoms with Crippen molar-refractivity contribution in [1.29, 1.82) is 0 Å². The molecule has 0 bridgehead atoms. The fourth-order valence-electron chi connectivity index (χ4n) is 3.18. The Bertz CT molecular complexity index is 944. The molecule has 11 heteroatoms. The van der Waals surface area contributed by atoms with E-state index in [0.717, 1.165) is 12.3 Å². The molecule has 2 N–H and O–H groups in total. The summed E-state index contributed by atoms with van der Waals surface area (Å²) >= 11 is 1.18. The fraction of sp³-hybridized carbons (Fsp3) is 0.375. The van der Waals surface area contributed by atoms with E-state index in [1.54, 1.807) is 5.38 Å². The summed E-state index contributed by atoms with van der Waals surface area (Å²) in [4.78, 5) is 17.0. The average molecular weight is 417 g/mol. The number of hydrogen-bond donors (Lipinski definition) is 2. The Morgan fingerprint density at radius 1 is 1.37 bits per heavy atom. The largest absolute Gasteiger partial charge is 0.465 e. The summed E-state index contributed by atoms with van der Waals surface area (Å²) in [5, 5.41) is 11.4. The number of rotatable bonds is 5. The molecule has 0 radical (unpaired) electrons. The van der Waals surface area contributed by atoms with Gasteiger partial charge in [-0.15, -0.1) is 11.3 Å². The number of carboxylic acid groups (broad SMARTS) is 1. The third kappa shape index (κ3) is 4.79. The number of aromatic nitrogens is 1. The van der Waals surface area contributed by atoms with E-state index in [1.165, 1.54) is 28.4 Å². The third-order valence-corrected chi connectivity index (χ3v) is 5.91. The lowest BCUT2D eigenvalue weighted by molar-refractivity contribution is 0.137. The molecule has 7 nitrogen and oxygen atoms in total. The normalized spacial score (nSPS) is 20.2. The van der Waals surface area contributed by atoms with Gasteiger partial charge in [0.2, 0.25) is 10.0 Å². The van der Waals surface area contributed by atoms with E-state index in [-0.39, 0.29) is 18.5 Å². The van der Waals surface area contributed by atoms with E-state index in [9.17, 15) is 27.1 Å². The van der Waals surface area contributed by atoms with Crippen LogP contribution in [0.25, 0.3) is 10.6 Å². The molecule has 0 aliphatic carbocycles. The molecule has 1 aliphatic heterocycles. The summed E-state index contributed by atoms with van der Waals surface area (Å²) in [6.07, 6.45) is 0.428. The molecular formula is C16H17F2N3O4S2. The smallest absolute Gasteiger partial charge is 0.407 e. The molecule has 2 unspecified atom stereocenters. The van der Waals surface area contributed by atoms with Crippen LogP contribution in [0.1, 0.15) is 12.1 Å². The predicted molar refractivity (Wildman–Crippen MR) is 96.1 cm³/mol. The van der Waals surface area contributed by atoms with Gasteiger partial charge in [-0.3, -0.25) is 0 Å². The van der Waals surface area contributed by atoms with Crippen molar-refractivity contribution in [3.05, 3.63) is 40.9 Å². The Kier molecular flexibility index (Phi) is 5.45. The zero-order chi connectivity index (χ0) is 19.8. The maximum Gasteiger partial charge on any atom is 0.407 e. The minimum absolute atomic E-state index is 0.188. The molecule has 2 aromatic rings. The quantitative estimate of drug-likeness (QED) is 0.778. The lowest BCUT2D eigenvalue weighted by Crippen LogP contribution is -2.47. The van der Waals surface area contributed by atoms with Gasteiger partial charge in [0.1, 0.15) is 16.6 Å². The Morgan fingerprint density at radius 2 is 2.04 bits per heavy atom. The van der Waals surface area contributed by atoms with Crippen LogP contribution in [-0.4, -0.2) is 54.4 Å². The second-order valence-corrected chi connectivity index (χ2v) is 8.97. The van der Waals surface area contributed by atoms with Crippen molar-refractivity contribution in [3.63, 3.8) is 0 Å². The van der Waals surface area contributed by atoms with Crippen LogP contribution in [-0.2, 0) is 16.4 Å². The van der Waals surface area contributed by atoms with Crippen molar-refractivity contribution in [2.75, 3.05) is 12.8 Å². The number of amides is 1. The van der Waals surface area contributed by atoms with Gasteiger partial charge in [-0.1, -0.05) is 0 Å². The number of halogens is 2. The summed E-state index contributed by atoms with van der Waals surface area (Å²) in [6.45, 7) is 0.208. The first kappa shape index (κ1) is 19.6. The molecule has 1 fully saturated rings. The number of carbonyl (C=O) groups is 1. The Morgan fingerprint density at radius 3 is 2.63 bits per heavy atom. The van der Waals surface area contributed by atoms with E-state index in [2.05, 4.69) is 9.71 Å². The van der Waals surface area contributed by atoms with Crippen molar-refractivity contribution < 1.29 is 27.1 Å². The number of sulfonamides is 1. The zero-order valence-electron chi connectivity index (χ0n) is 14.2. The molecule has 2 atom stereocenters. The van der Waals surface area contributed by atoms with Crippen LogP contribution in [0.4, 0.5) is 13.6 Å². The van der Waals surface area contributed by atoms with E-state index in [4.69, 9.17) is 0 Å². The van der Waals surface area contributed by atoms with Gasteiger partial charge in [0.15, 0.2) is 0 Å². The van der Waals surface area contributed by atoms with Gasteiger partial charge in [0.05, 0.1) is 18.0 Å². The SMILES string of the molecule is CS(=O)(=O)NC1CCN(C(=O)O)C1Cc1csc(-c2cc(F)cc(F)c2)n1. The van der Waals surface area contributed by atoms with Gasteiger partial charge in [-0.2, -0.15) is 0 Å². The molecule has 0 spiro atoms. The monoisotopic (exact) mass is 417 g/mol. The van der Waals surface area contributed by atoms with Gasteiger partial charge < -0.3 is 10.0 Å². The summed E-state index contributed by atoms with van der Waals surface area (Å²) in [5.74, 6) is -1.43. The lowest BCUT2D eigenvalue weighted by atomic mass is 10.1. The van der Waals surface area contributed by atoms with Crippen molar-refractivity contribution in [2.45, 2.75) is 24.9 Å². The van der Waals surface area contributed by atoms with Gasteiger partial charge in [-0.05, 0) is 18.6 Å². The van der Waals surface area contributed by atoms with Crippen LogP contribution in [0.2, 0.25) is 0 Å². The highest BCUT2D eigenvalue weighted by Crippen LogP contribution is 2.28. The number of hydrogen-bond acceptors (Lipinski definition) is 5. The molecule has 1 aliphatic rings. The van der Waals surface area contributed by atoms with Gasteiger partial charge >= 0.3 is 6.09 Å². The van der Waals surface area contributed by atoms with Crippen molar-refractivity contribution >= 4 is 27.5 Å². The molecule has 1 aromatic carbocycles. The minimum atomic E-state index is -3.50. The first-order valence-corrected chi connectivity index (χ1v) is 10.8. The number of likely N-dealkylation sites (tertiary alicyclic amines) is 1.